The molecule has 1 aromatic heterocycles. The Morgan fingerprint density at radius 1 is 0.878 bits per heavy atom. The van der Waals surface area contributed by atoms with Crippen LogP contribution in [0, 0.1) is 6.92 Å². The van der Waals surface area contributed by atoms with Gasteiger partial charge in [-0.2, -0.15) is 4.57 Å². The third-order valence-corrected chi connectivity index (χ3v) is 10.2. The molecule has 0 radical (unpaired) electrons. The van der Waals surface area contributed by atoms with Gasteiger partial charge in [0.15, 0.2) is 12.5 Å². The first-order chi connectivity index (χ1) is 23.8. The maximum absolute atomic E-state index is 11.9. The lowest BCUT2D eigenvalue weighted by Crippen LogP contribution is -2.30. The van der Waals surface area contributed by atoms with E-state index < -0.39 is 10.1 Å². The molecule has 1 amide bonds. The summed E-state index contributed by atoms with van der Waals surface area (Å²) >= 11 is 1.72. The molecule has 3 rings (SSSR count). The zero-order valence-corrected chi connectivity index (χ0v) is 31.9. The molecular formula is C38H64N2O7S2. The molecule has 1 aromatic carbocycles. The second kappa shape index (κ2) is 27.6. The minimum atomic E-state index is -4.27. The van der Waals surface area contributed by atoms with E-state index >= 15 is 0 Å². The lowest BCUT2D eigenvalue weighted by Gasteiger charge is -2.12. The number of benzene rings is 1. The van der Waals surface area contributed by atoms with Crippen LogP contribution < -0.4 is 9.88 Å². The molecule has 2 heterocycles. The van der Waals surface area contributed by atoms with Crippen molar-refractivity contribution in [1.82, 2.24) is 5.32 Å². The predicted octanol–water partition coefficient (Wildman–Crippen LogP) is 9.22. The highest BCUT2D eigenvalue weighted by Gasteiger charge is 2.26. The first-order valence-electron chi connectivity index (χ1n) is 18.9. The van der Waals surface area contributed by atoms with Crippen molar-refractivity contribution in [2.45, 2.75) is 166 Å². The number of ether oxygens (including phenoxy) is 3. The van der Waals surface area contributed by atoms with E-state index in [0.29, 0.717) is 13.2 Å². The molecular weight excluding hydrogens is 661 g/mol. The van der Waals surface area contributed by atoms with Crippen LogP contribution >= 0.6 is 11.3 Å². The maximum atomic E-state index is 11.9. The first kappa shape index (κ1) is 43.1. The summed E-state index contributed by atoms with van der Waals surface area (Å²) in [7, 11) is -4.27. The highest BCUT2D eigenvalue weighted by molar-refractivity contribution is 7.85. The van der Waals surface area contributed by atoms with E-state index in [9.17, 15) is 17.8 Å². The highest BCUT2D eigenvalue weighted by Crippen LogP contribution is 2.19. The zero-order valence-electron chi connectivity index (χ0n) is 30.3. The van der Waals surface area contributed by atoms with Crippen molar-refractivity contribution in [3.05, 3.63) is 46.9 Å². The molecule has 0 saturated carbocycles. The Kier molecular flexibility index (Phi) is 24.3. The molecule has 2 aromatic rings. The van der Waals surface area contributed by atoms with Crippen LogP contribution in [0.3, 0.4) is 0 Å². The molecule has 280 valence electrons. The highest BCUT2D eigenvalue weighted by atomic mass is 32.2. The number of unbranched alkanes of at least 4 members (excludes halogenated alkanes) is 17. The molecule has 0 aliphatic carbocycles. The molecule has 2 atom stereocenters. The van der Waals surface area contributed by atoms with E-state index in [2.05, 4.69) is 33.9 Å². The molecule has 2 unspecified atom stereocenters. The number of carbonyl (C=O) groups is 1. The van der Waals surface area contributed by atoms with E-state index in [1.807, 2.05) is 6.92 Å². The normalized spacial score (nSPS) is 15.9. The van der Waals surface area contributed by atoms with E-state index in [0.717, 1.165) is 37.8 Å². The number of nitrogens with one attached hydrogen (secondary N) is 1. The first-order valence-corrected chi connectivity index (χ1v) is 21.2. The van der Waals surface area contributed by atoms with Gasteiger partial charge in [-0.15, -0.1) is 0 Å². The van der Waals surface area contributed by atoms with Gasteiger partial charge in [-0.3, -0.25) is 0 Å². The summed E-state index contributed by atoms with van der Waals surface area (Å²) in [5.74, 6) is 0. The lowest BCUT2D eigenvalue weighted by molar-refractivity contribution is -0.692. The average molecular weight is 725 g/mol. The van der Waals surface area contributed by atoms with Gasteiger partial charge >= 0.3 is 6.09 Å². The summed E-state index contributed by atoms with van der Waals surface area (Å²) in [6.45, 7) is 6.61. The molecule has 1 aliphatic rings. The van der Waals surface area contributed by atoms with Gasteiger partial charge < -0.3 is 24.1 Å². The largest absolute Gasteiger partial charge is 0.744 e. The van der Waals surface area contributed by atoms with Crippen LogP contribution in [0.15, 0.2) is 46.2 Å². The van der Waals surface area contributed by atoms with Crippen molar-refractivity contribution in [2.24, 2.45) is 0 Å². The van der Waals surface area contributed by atoms with Crippen LogP contribution in [-0.2, 0) is 30.9 Å². The fourth-order valence-corrected chi connectivity index (χ4v) is 6.80. The summed E-state index contributed by atoms with van der Waals surface area (Å²) in [6, 6.07) is 5.78. The summed E-state index contributed by atoms with van der Waals surface area (Å²) in [5, 5.41) is 4.94. The zero-order chi connectivity index (χ0) is 35.4. The van der Waals surface area contributed by atoms with Crippen LogP contribution in [0.4, 0.5) is 4.79 Å². The van der Waals surface area contributed by atoms with Crippen molar-refractivity contribution in [2.75, 3.05) is 19.8 Å². The number of hydrogen-bond acceptors (Lipinski definition) is 8. The molecule has 1 N–H and O–H groups in total. The Hall–Kier alpha value is -2.05. The number of aromatic nitrogens is 1. The van der Waals surface area contributed by atoms with Gasteiger partial charge in [0.25, 0.3) is 0 Å². The Balaban J connectivity index is 0.000000639. The summed E-state index contributed by atoms with van der Waals surface area (Å²) < 4.78 is 50.4. The Bertz CT molecular complexity index is 1180. The van der Waals surface area contributed by atoms with Gasteiger partial charge in [-0.05, 0) is 44.7 Å². The van der Waals surface area contributed by atoms with Gasteiger partial charge in [0.05, 0.1) is 16.9 Å². The maximum Gasteiger partial charge on any atom is 0.407 e. The lowest BCUT2D eigenvalue weighted by atomic mass is 10.0. The molecule has 0 bridgehead atoms. The summed E-state index contributed by atoms with van der Waals surface area (Å²) in [5.41, 5.74) is 3.07. The van der Waals surface area contributed by atoms with Gasteiger partial charge in [-0.1, -0.05) is 132 Å². The van der Waals surface area contributed by atoms with E-state index in [4.69, 9.17) is 14.2 Å². The molecule has 1 fully saturated rings. The van der Waals surface area contributed by atoms with Gasteiger partial charge in [0.2, 0.25) is 5.51 Å². The number of rotatable bonds is 26. The fraction of sp³-hybridized carbons (Fsp3) is 0.737. The van der Waals surface area contributed by atoms with Crippen LogP contribution in [0.2, 0.25) is 0 Å². The number of carbonyl (C=O) groups excluding carboxylic acids is 1. The average Bonchev–Trinajstić information content (AvgIpc) is 3.78. The summed E-state index contributed by atoms with van der Waals surface area (Å²) in [4.78, 5) is 11.7. The summed E-state index contributed by atoms with van der Waals surface area (Å²) in [6.07, 6.45) is 27.5. The van der Waals surface area contributed by atoms with Crippen LogP contribution in [-0.4, -0.2) is 51.2 Å². The predicted molar refractivity (Wildman–Crippen MR) is 196 cm³/mol. The van der Waals surface area contributed by atoms with Crippen molar-refractivity contribution in [3.8, 4) is 0 Å². The smallest absolute Gasteiger partial charge is 0.407 e. The third-order valence-electron chi connectivity index (χ3n) is 8.71. The van der Waals surface area contributed by atoms with Crippen molar-refractivity contribution >= 4 is 27.5 Å². The van der Waals surface area contributed by atoms with Crippen LogP contribution in [0.1, 0.15) is 141 Å². The number of aryl methyl sites for hydroxylation is 2. The monoisotopic (exact) mass is 724 g/mol. The molecule has 11 heteroatoms. The molecule has 0 spiro atoms. The minimum absolute atomic E-state index is 0.138. The van der Waals surface area contributed by atoms with Crippen molar-refractivity contribution in [3.63, 3.8) is 0 Å². The van der Waals surface area contributed by atoms with Crippen LogP contribution in [0.5, 0.6) is 0 Å². The number of nitrogens with zero attached hydrogens (tertiary/aromatic N) is 1. The molecule has 1 aliphatic heterocycles. The van der Waals surface area contributed by atoms with E-state index in [-0.39, 0.29) is 30.0 Å². The Morgan fingerprint density at radius 2 is 1.45 bits per heavy atom. The van der Waals surface area contributed by atoms with E-state index in [1.165, 1.54) is 115 Å². The standard InChI is InChI=1S/C31H56N2O4S.C7H8O3S/c1-2-3-4-5-6-7-8-9-10-11-12-13-14-15-18-21-30-35-26-29(37-30)27-36-31(34)32-22-19-16-17-20-23-33-24-25-38-28-33;1-6-2-4-7(5-3-6)11(8,9)10/h24-25,28-30H,2-23,26-27H2,1H3;2-5H,1H3,(H,8,9,10). The van der Waals surface area contributed by atoms with Gasteiger partial charge in [-0.25, -0.2) is 13.2 Å². The minimum Gasteiger partial charge on any atom is -0.744 e. The number of alkyl carbamates (subject to hydrolysis) is 1. The Morgan fingerprint density at radius 3 is 2.02 bits per heavy atom. The van der Waals surface area contributed by atoms with Gasteiger partial charge in [0, 0.05) is 13.0 Å². The van der Waals surface area contributed by atoms with E-state index in [1.54, 1.807) is 23.5 Å². The van der Waals surface area contributed by atoms with Gasteiger partial charge in [0.1, 0.15) is 29.4 Å². The SMILES string of the molecule is CCCCCCCCCCCCCCCCCC1OCC(COC(=O)NCCCCCC[n+]2ccsc2)O1.Cc1ccc(S(=O)(=O)[O-])cc1. The van der Waals surface area contributed by atoms with Crippen molar-refractivity contribution < 1.29 is 36.5 Å². The topological polar surface area (TPSA) is 118 Å². The Labute approximate surface area is 301 Å². The number of amides is 1. The quantitative estimate of drug-likeness (QED) is 0.0584. The fourth-order valence-electron chi connectivity index (χ4n) is 5.71. The number of hydrogen-bond donors (Lipinski definition) is 1. The second-order valence-electron chi connectivity index (χ2n) is 13.2. The number of thiazole rings is 1. The van der Waals surface area contributed by atoms with Crippen molar-refractivity contribution in [1.29, 1.82) is 0 Å². The molecule has 49 heavy (non-hydrogen) atoms. The molecule has 9 nitrogen and oxygen atoms in total. The third kappa shape index (κ3) is 23.1. The van der Waals surface area contributed by atoms with Crippen LogP contribution in [0.25, 0.3) is 0 Å². The molecule has 1 saturated heterocycles. The second-order valence-corrected chi connectivity index (χ2v) is 15.4.